The van der Waals surface area contributed by atoms with Crippen molar-refractivity contribution >= 4 is 17.5 Å². The smallest absolute Gasteiger partial charge is 0.328 e. The number of carbonyl (C=O) groups excluding carboxylic acids is 1. The summed E-state index contributed by atoms with van der Waals surface area (Å²) in [6.45, 7) is 3.89. The van der Waals surface area contributed by atoms with Crippen LogP contribution in [-0.2, 0) is 9.53 Å². The van der Waals surface area contributed by atoms with Crippen LogP contribution in [0.2, 0.25) is 0 Å². The molecule has 0 radical (unpaired) electrons. The number of pyridine rings is 1. The quantitative estimate of drug-likeness (QED) is 0.752. The topological polar surface area (TPSA) is 77.2 Å². The third-order valence-corrected chi connectivity index (χ3v) is 2.23. The summed E-state index contributed by atoms with van der Waals surface area (Å²) >= 11 is 0. The summed E-state index contributed by atoms with van der Waals surface area (Å²) in [4.78, 5) is 15.4. The average Bonchev–Trinajstić information content (AvgIpc) is 2.24. The molecule has 88 valence electrons. The van der Waals surface area contributed by atoms with E-state index >= 15 is 0 Å². The predicted octanol–water partition coefficient (Wildman–Crippen LogP) is 1.27. The van der Waals surface area contributed by atoms with E-state index in [9.17, 15) is 4.79 Å². The Labute approximate surface area is 95.0 Å². The second kappa shape index (κ2) is 5.34. The molecule has 1 aromatic rings. The van der Waals surface area contributed by atoms with Crippen molar-refractivity contribution in [3.8, 4) is 0 Å². The summed E-state index contributed by atoms with van der Waals surface area (Å²) in [5, 5.41) is 3.08. The van der Waals surface area contributed by atoms with Crippen molar-refractivity contribution in [1.82, 2.24) is 4.98 Å². The van der Waals surface area contributed by atoms with E-state index in [2.05, 4.69) is 10.3 Å². The summed E-state index contributed by atoms with van der Waals surface area (Å²) in [5.41, 5.74) is 6.31. The molecule has 5 heteroatoms. The van der Waals surface area contributed by atoms with E-state index in [0.29, 0.717) is 5.82 Å². The highest BCUT2D eigenvalue weighted by Gasteiger charge is 2.22. The number of ether oxygens (including phenoxy) is 1. The lowest BCUT2D eigenvalue weighted by molar-refractivity contribution is -0.142. The lowest BCUT2D eigenvalue weighted by atomic mass is 10.0. The molecule has 0 aliphatic heterocycles. The molecule has 0 aliphatic rings. The number of hydrogen-bond donors (Lipinski definition) is 2. The third kappa shape index (κ3) is 3.12. The van der Waals surface area contributed by atoms with E-state index in [-0.39, 0.29) is 17.9 Å². The van der Waals surface area contributed by atoms with Gasteiger partial charge in [-0.3, -0.25) is 0 Å². The van der Waals surface area contributed by atoms with Gasteiger partial charge in [0.05, 0.1) is 7.11 Å². The van der Waals surface area contributed by atoms with Gasteiger partial charge < -0.3 is 15.8 Å². The van der Waals surface area contributed by atoms with Gasteiger partial charge >= 0.3 is 5.97 Å². The van der Waals surface area contributed by atoms with Crippen LogP contribution in [0.15, 0.2) is 18.3 Å². The highest BCUT2D eigenvalue weighted by atomic mass is 16.5. The molecule has 0 saturated carbocycles. The largest absolute Gasteiger partial charge is 0.467 e. The summed E-state index contributed by atoms with van der Waals surface area (Å²) in [6.07, 6.45) is 1.59. The van der Waals surface area contributed by atoms with Gasteiger partial charge in [-0.05, 0) is 12.0 Å². The van der Waals surface area contributed by atoms with E-state index in [1.54, 1.807) is 18.3 Å². The minimum absolute atomic E-state index is 0.127. The number of esters is 1. The summed E-state index contributed by atoms with van der Waals surface area (Å²) in [5.74, 6) is 0.254. The van der Waals surface area contributed by atoms with Crippen molar-refractivity contribution in [3.05, 3.63) is 18.3 Å². The molecule has 1 atom stereocenters. The summed E-state index contributed by atoms with van der Waals surface area (Å²) in [7, 11) is 1.38. The predicted molar refractivity (Wildman–Crippen MR) is 62.9 cm³/mol. The minimum atomic E-state index is -0.383. The molecule has 0 fully saturated rings. The van der Waals surface area contributed by atoms with E-state index in [0.717, 1.165) is 5.69 Å². The highest BCUT2D eigenvalue weighted by Crippen LogP contribution is 2.14. The third-order valence-electron chi connectivity index (χ3n) is 2.23. The maximum Gasteiger partial charge on any atom is 0.328 e. The van der Waals surface area contributed by atoms with Gasteiger partial charge in [0, 0.05) is 18.0 Å². The van der Waals surface area contributed by atoms with E-state index < -0.39 is 0 Å². The first-order chi connectivity index (χ1) is 7.54. The minimum Gasteiger partial charge on any atom is -0.467 e. The molecule has 1 heterocycles. The Morgan fingerprint density at radius 1 is 1.56 bits per heavy atom. The lowest BCUT2D eigenvalue weighted by Crippen LogP contribution is -2.35. The molecule has 5 nitrogen and oxygen atoms in total. The number of nitrogens with zero attached hydrogens (tertiary/aromatic N) is 1. The Morgan fingerprint density at radius 3 is 2.75 bits per heavy atom. The molecule has 0 saturated heterocycles. The first-order valence-electron chi connectivity index (χ1n) is 5.10. The highest BCUT2D eigenvalue weighted by molar-refractivity contribution is 5.79. The molecule has 1 aromatic heterocycles. The number of methoxy groups -OCH3 is 1. The molecule has 1 rings (SSSR count). The fourth-order valence-electron chi connectivity index (χ4n) is 1.34. The van der Waals surface area contributed by atoms with Crippen molar-refractivity contribution in [2.75, 3.05) is 18.2 Å². The lowest BCUT2D eigenvalue weighted by Gasteiger charge is -2.20. The molecule has 16 heavy (non-hydrogen) atoms. The number of anilines is 2. The Bertz CT molecular complexity index is 366. The monoisotopic (exact) mass is 223 g/mol. The van der Waals surface area contributed by atoms with E-state index in [4.69, 9.17) is 10.5 Å². The fraction of sp³-hybridized carbons (Fsp3) is 0.455. The van der Waals surface area contributed by atoms with Crippen molar-refractivity contribution in [3.63, 3.8) is 0 Å². The molecular formula is C11H17N3O2. The van der Waals surface area contributed by atoms with Crippen LogP contribution < -0.4 is 11.1 Å². The zero-order valence-corrected chi connectivity index (χ0v) is 9.73. The van der Waals surface area contributed by atoms with Gasteiger partial charge in [0.2, 0.25) is 0 Å². The van der Waals surface area contributed by atoms with Gasteiger partial charge in [0.15, 0.2) is 0 Å². The maximum atomic E-state index is 11.5. The van der Waals surface area contributed by atoms with Crippen molar-refractivity contribution in [2.45, 2.75) is 19.9 Å². The number of hydrogen-bond acceptors (Lipinski definition) is 5. The van der Waals surface area contributed by atoms with Crippen molar-refractivity contribution in [1.29, 1.82) is 0 Å². The van der Waals surface area contributed by atoms with Crippen LogP contribution in [0.4, 0.5) is 11.5 Å². The first-order valence-corrected chi connectivity index (χ1v) is 5.10. The fourth-order valence-corrected chi connectivity index (χ4v) is 1.34. The molecule has 0 amide bonds. The Morgan fingerprint density at radius 2 is 2.25 bits per heavy atom. The number of aromatic nitrogens is 1. The Hall–Kier alpha value is -1.78. The number of nitrogens with two attached hydrogens (primary N) is 1. The zero-order valence-electron chi connectivity index (χ0n) is 9.73. The van der Waals surface area contributed by atoms with E-state index in [1.165, 1.54) is 7.11 Å². The number of nitrogen functional groups attached to an aromatic ring is 1. The van der Waals surface area contributed by atoms with Crippen LogP contribution in [0.5, 0.6) is 0 Å². The van der Waals surface area contributed by atoms with Gasteiger partial charge in [-0.2, -0.15) is 0 Å². The molecule has 0 bridgehead atoms. The molecule has 0 spiro atoms. The second-order valence-corrected chi connectivity index (χ2v) is 3.86. The molecule has 1 unspecified atom stereocenters. The van der Waals surface area contributed by atoms with Crippen LogP contribution in [0, 0.1) is 5.92 Å². The molecule has 0 aliphatic carbocycles. The number of rotatable bonds is 4. The second-order valence-electron chi connectivity index (χ2n) is 3.86. The molecule has 0 aromatic carbocycles. The van der Waals surface area contributed by atoms with Crippen LogP contribution in [0.25, 0.3) is 0 Å². The van der Waals surface area contributed by atoms with Gasteiger partial charge in [0.25, 0.3) is 0 Å². The molecular weight excluding hydrogens is 206 g/mol. The average molecular weight is 223 g/mol. The zero-order chi connectivity index (χ0) is 12.1. The normalized spacial score (nSPS) is 12.2. The Kier molecular flexibility index (Phi) is 4.10. The summed E-state index contributed by atoms with van der Waals surface area (Å²) in [6, 6.07) is 3.05. The maximum absolute atomic E-state index is 11.5. The van der Waals surface area contributed by atoms with Crippen LogP contribution in [0.3, 0.4) is 0 Å². The number of carbonyl (C=O) groups is 1. The van der Waals surface area contributed by atoms with Gasteiger partial charge in [-0.15, -0.1) is 0 Å². The van der Waals surface area contributed by atoms with Crippen molar-refractivity contribution < 1.29 is 9.53 Å². The van der Waals surface area contributed by atoms with Crippen LogP contribution >= 0.6 is 0 Å². The molecule has 3 N–H and O–H groups in total. The van der Waals surface area contributed by atoms with Gasteiger partial charge in [-0.1, -0.05) is 13.8 Å². The standard InChI is InChI=1S/C11H17N3O2/c1-7(2)10(11(15)16-3)14-8-4-5-13-9(12)6-8/h4-7,10H,1-3H3,(H3,12,13,14). The first kappa shape index (κ1) is 12.3. The van der Waals surface area contributed by atoms with E-state index in [1.807, 2.05) is 13.8 Å². The van der Waals surface area contributed by atoms with Crippen LogP contribution in [-0.4, -0.2) is 24.1 Å². The number of nitrogens with one attached hydrogen (secondary N) is 1. The van der Waals surface area contributed by atoms with Crippen LogP contribution in [0.1, 0.15) is 13.8 Å². The van der Waals surface area contributed by atoms with Gasteiger partial charge in [0.1, 0.15) is 11.9 Å². The van der Waals surface area contributed by atoms with Crippen molar-refractivity contribution in [2.24, 2.45) is 5.92 Å². The van der Waals surface area contributed by atoms with Gasteiger partial charge in [-0.25, -0.2) is 9.78 Å². The summed E-state index contributed by atoms with van der Waals surface area (Å²) < 4.78 is 4.73. The Balaban J connectivity index is 2.79. The SMILES string of the molecule is COC(=O)C(Nc1ccnc(N)c1)C(C)C.